The molecule has 0 bridgehead atoms. The lowest BCUT2D eigenvalue weighted by Gasteiger charge is -2.10. The van der Waals surface area contributed by atoms with Gasteiger partial charge in [0.15, 0.2) is 11.7 Å². The van der Waals surface area contributed by atoms with Crippen molar-refractivity contribution < 1.29 is 14.3 Å². The quantitative estimate of drug-likeness (QED) is 0.103. The smallest absolute Gasteiger partial charge is 0.271 e. The van der Waals surface area contributed by atoms with Gasteiger partial charge >= 0.3 is 0 Å². The number of hydrogen-bond acceptors (Lipinski definition) is 7. The minimum Gasteiger partial charge on any atom is -0.483 e. The molecule has 0 saturated heterocycles. The molecule has 1 heterocycles. The number of benzene rings is 4. The zero-order valence-electron chi connectivity index (χ0n) is 22.8. The van der Waals surface area contributed by atoms with Crippen molar-refractivity contribution in [3.8, 4) is 17.0 Å². The molecule has 2 amide bonds. The number of carbonyl (C=O) groups excluding carboxylic acids is 2. The lowest BCUT2D eigenvalue weighted by atomic mass is 10.1. The number of para-hydroxylation sites is 1. The average Bonchev–Trinajstić information content (AvgIpc) is 3.47. The van der Waals surface area contributed by atoms with Crippen LogP contribution in [0.3, 0.4) is 0 Å². The van der Waals surface area contributed by atoms with Crippen molar-refractivity contribution in [1.82, 2.24) is 10.4 Å². The Bertz CT molecular complexity index is 1780. The molecule has 0 aliphatic rings. The van der Waals surface area contributed by atoms with Crippen LogP contribution in [0.2, 0.25) is 5.02 Å². The maximum absolute atomic E-state index is 12.6. The van der Waals surface area contributed by atoms with Gasteiger partial charge in [0.05, 0.1) is 16.4 Å². The van der Waals surface area contributed by atoms with Crippen LogP contribution in [0, 0.1) is 6.92 Å². The predicted octanol–water partition coefficient (Wildman–Crippen LogP) is 8.06. The Hall–Kier alpha value is -4.51. The van der Waals surface area contributed by atoms with Gasteiger partial charge in [0.25, 0.3) is 11.8 Å². The first-order chi connectivity index (χ1) is 20.8. The Morgan fingerprint density at radius 3 is 2.53 bits per heavy atom. The number of nitrogens with zero attached hydrogens (tertiary/aromatic N) is 2. The number of amides is 2. The summed E-state index contributed by atoms with van der Waals surface area (Å²) < 4.78 is 6.27. The highest BCUT2D eigenvalue weighted by molar-refractivity contribution is 9.10. The average molecular weight is 675 g/mol. The van der Waals surface area contributed by atoms with Crippen molar-refractivity contribution in [2.45, 2.75) is 6.92 Å². The molecule has 216 valence electrons. The highest BCUT2D eigenvalue weighted by Crippen LogP contribution is 2.28. The van der Waals surface area contributed by atoms with E-state index in [2.05, 4.69) is 42.1 Å². The topological polar surface area (TPSA) is 105 Å². The molecule has 5 aromatic rings. The fourth-order valence-corrected chi connectivity index (χ4v) is 5.29. The Labute approximate surface area is 265 Å². The fourth-order valence-electron chi connectivity index (χ4n) is 3.86. The van der Waals surface area contributed by atoms with Crippen LogP contribution in [0.4, 0.5) is 16.5 Å². The van der Waals surface area contributed by atoms with Crippen molar-refractivity contribution in [2.75, 3.05) is 17.2 Å². The van der Waals surface area contributed by atoms with Gasteiger partial charge in [-0.15, -0.1) is 11.3 Å². The first-order valence-electron chi connectivity index (χ1n) is 13.0. The first kappa shape index (κ1) is 30.0. The molecular formula is C32H25BrClN5O3S. The van der Waals surface area contributed by atoms with Crippen LogP contribution in [-0.4, -0.2) is 29.6 Å². The molecule has 1 aromatic heterocycles. The van der Waals surface area contributed by atoms with Crippen LogP contribution in [0.15, 0.2) is 106 Å². The van der Waals surface area contributed by atoms with E-state index < -0.39 is 0 Å². The number of nitrogens with one attached hydrogen (secondary N) is 3. The summed E-state index contributed by atoms with van der Waals surface area (Å²) in [5, 5.41) is 13.4. The molecule has 3 N–H and O–H groups in total. The Morgan fingerprint density at radius 2 is 1.79 bits per heavy atom. The highest BCUT2D eigenvalue weighted by Gasteiger charge is 2.10. The van der Waals surface area contributed by atoms with E-state index in [1.54, 1.807) is 42.5 Å². The van der Waals surface area contributed by atoms with Crippen LogP contribution in [0.5, 0.6) is 5.75 Å². The number of rotatable bonds is 10. The third-order valence-electron chi connectivity index (χ3n) is 6.12. The minimum atomic E-state index is -0.340. The molecule has 8 nitrogen and oxygen atoms in total. The summed E-state index contributed by atoms with van der Waals surface area (Å²) in [5.74, 6) is -0.168. The monoisotopic (exact) mass is 673 g/mol. The van der Waals surface area contributed by atoms with Crippen molar-refractivity contribution in [3.63, 3.8) is 0 Å². The highest BCUT2D eigenvalue weighted by atomic mass is 79.9. The Balaban J connectivity index is 1.10. The summed E-state index contributed by atoms with van der Waals surface area (Å²) in [6.07, 6.45) is 1.52. The van der Waals surface area contributed by atoms with Gasteiger partial charge in [-0.3, -0.25) is 9.59 Å². The second-order valence-corrected chi connectivity index (χ2v) is 11.4. The second kappa shape index (κ2) is 14.1. The molecule has 0 saturated carbocycles. The Morgan fingerprint density at radius 1 is 1.00 bits per heavy atom. The van der Waals surface area contributed by atoms with Gasteiger partial charge in [0, 0.05) is 32.9 Å². The number of aryl methyl sites for hydroxylation is 1. The molecule has 0 aliphatic heterocycles. The van der Waals surface area contributed by atoms with Gasteiger partial charge in [-0.05, 0) is 88.6 Å². The molecule has 0 fully saturated rings. The summed E-state index contributed by atoms with van der Waals surface area (Å²) in [6, 6.07) is 27.6. The van der Waals surface area contributed by atoms with Crippen molar-refractivity contribution >= 4 is 73.4 Å². The van der Waals surface area contributed by atoms with E-state index in [0.717, 1.165) is 33.2 Å². The van der Waals surface area contributed by atoms with E-state index in [9.17, 15) is 9.59 Å². The van der Waals surface area contributed by atoms with E-state index in [1.807, 2.05) is 60.8 Å². The molecule has 4 aromatic carbocycles. The number of carbonyl (C=O) groups is 2. The lowest BCUT2D eigenvalue weighted by Crippen LogP contribution is -2.20. The summed E-state index contributed by atoms with van der Waals surface area (Å²) >= 11 is 11.1. The van der Waals surface area contributed by atoms with Gasteiger partial charge in [-0.2, -0.15) is 5.10 Å². The number of ether oxygens (including phenoxy) is 1. The maximum Gasteiger partial charge on any atom is 0.271 e. The molecule has 0 aliphatic carbocycles. The minimum absolute atomic E-state index is 0.180. The number of halogens is 2. The maximum atomic E-state index is 12.6. The lowest BCUT2D eigenvalue weighted by molar-refractivity contribution is -0.118. The van der Waals surface area contributed by atoms with E-state index in [-0.39, 0.29) is 18.4 Å². The van der Waals surface area contributed by atoms with Gasteiger partial charge < -0.3 is 15.4 Å². The summed E-state index contributed by atoms with van der Waals surface area (Å²) in [5.41, 5.74) is 7.95. The second-order valence-electron chi connectivity index (χ2n) is 9.30. The largest absolute Gasteiger partial charge is 0.483 e. The molecule has 0 atom stereocenters. The van der Waals surface area contributed by atoms with Gasteiger partial charge in [-0.1, -0.05) is 48.0 Å². The number of aromatic nitrogens is 1. The third kappa shape index (κ3) is 8.29. The zero-order valence-corrected chi connectivity index (χ0v) is 26.0. The zero-order chi connectivity index (χ0) is 30.2. The van der Waals surface area contributed by atoms with Gasteiger partial charge in [-0.25, -0.2) is 10.4 Å². The third-order valence-corrected chi connectivity index (χ3v) is 7.91. The first-order valence-corrected chi connectivity index (χ1v) is 15.1. The predicted molar refractivity (Wildman–Crippen MR) is 177 cm³/mol. The SMILES string of the molecule is Cc1ccc(NC(=O)COc2ccc(/C=N/NC(=O)c3ccc(-c4csc(Nc5ccccc5)n4)cc3)cc2Br)cc1Cl. The number of anilines is 3. The number of thiazole rings is 1. The molecule has 0 radical (unpaired) electrons. The van der Waals surface area contributed by atoms with Crippen LogP contribution in [-0.2, 0) is 4.79 Å². The number of hydrogen-bond donors (Lipinski definition) is 3. The summed E-state index contributed by atoms with van der Waals surface area (Å²) in [7, 11) is 0. The van der Waals surface area contributed by atoms with E-state index in [4.69, 9.17) is 16.3 Å². The van der Waals surface area contributed by atoms with Gasteiger partial charge in [0.1, 0.15) is 5.75 Å². The van der Waals surface area contributed by atoms with E-state index in [0.29, 0.717) is 26.5 Å². The van der Waals surface area contributed by atoms with E-state index >= 15 is 0 Å². The van der Waals surface area contributed by atoms with Crippen molar-refractivity contribution in [1.29, 1.82) is 0 Å². The fraction of sp³-hybridized carbons (Fsp3) is 0.0625. The van der Waals surface area contributed by atoms with E-state index in [1.165, 1.54) is 17.6 Å². The summed E-state index contributed by atoms with van der Waals surface area (Å²) in [6.45, 7) is 1.71. The number of hydrazone groups is 1. The molecule has 11 heteroatoms. The molecule has 5 rings (SSSR count). The van der Waals surface area contributed by atoms with Crippen molar-refractivity contribution in [2.24, 2.45) is 5.10 Å². The molecular weight excluding hydrogens is 650 g/mol. The van der Waals surface area contributed by atoms with Crippen LogP contribution in [0.25, 0.3) is 11.3 Å². The molecule has 0 unspecified atom stereocenters. The summed E-state index contributed by atoms with van der Waals surface area (Å²) in [4.78, 5) is 29.5. The van der Waals surface area contributed by atoms with Gasteiger partial charge in [0.2, 0.25) is 0 Å². The Kier molecular flexibility index (Phi) is 9.83. The standard InChI is InChI=1S/C32H25BrClN5O3S/c1-20-7-13-25(16-27(20)34)36-30(40)18-42-29-14-8-21(15-26(29)33)17-35-39-31(41)23-11-9-22(10-12-23)28-19-43-32(38-28)37-24-5-3-2-4-6-24/h2-17,19H,18H2,1H3,(H,36,40)(H,37,38)(H,39,41)/b35-17+. The molecule has 0 spiro atoms. The van der Waals surface area contributed by atoms with Crippen LogP contribution >= 0.6 is 38.9 Å². The normalized spacial score (nSPS) is 10.9. The van der Waals surface area contributed by atoms with Crippen molar-refractivity contribution in [3.05, 3.63) is 123 Å². The van der Waals surface area contributed by atoms with Crippen LogP contribution < -0.4 is 20.8 Å². The van der Waals surface area contributed by atoms with Crippen LogP contribution in [0.1, 0.15) is 21.5 Å². The molecule has 43 heavy (non-hydrogen) atoms.